The van der Waals surface area contributed by atoms with E-state index in [1.165, 1.54) is 0 Å². The van der Waals surface area contributed by atoms with E-state index in [2.05, 4.69) is 4.98 Å². The molecule has 0 amide bonds. The Morgan fingerprint density at radius 3 is 2.31 bits per heavy atom. The molecule has 1 aromatic carbocycles. The normalized spacial score (nSPS) is 10.1. The van der Waals surface area contributed by atoms with Gasteiger partial charge in [-0.15, -0.1) is 0 Å². The highest BCUT2D eigenvalue weighted by Gasteiger charge is 1.99. The average Bonchev–Trinajstić information content (AvgIpc) is 2.32. The highest BCUT2D eigenvalue weighted by molar-refractivity contribution is 5.64. The number of hydrogen-bond donors (Lipinski definition) is 1. The summed E-state index contributed by atoms with van der Waals surface area (Å²) in [4.78, 5) is 4.21. The molecule has 82 valence electrons. The number of benzene rings is 1. The summed E-state index contributed by atoms with van der Waals surface area (Å²) < 4.78 is 5.28. The lowest BCUT2D eigenvalue weighted by Crippen LogP contribution is -1.93. The van der Waals surface area contributed by atoms with Crippen molar-refractivity contribution in [1.29, 1.82) is 0 Å². The van der Waals surface area contributed by atoms with Gasteiger partial charge in [0.15, 0.2) is 0 Å². The molecule has 1 aromatic heterocycles. The van der Waals surface area contributed by atoms with Gasteiger partial charge in [-0.2, -0.15) is 0 Å². The van der Waals surface area contributed by atoms with Crippen LogP contribution in [0.3, 0.4) is 0 Å². The van der Waals surface area contributed by atoms with Crippen molar-refractivity contribution in [3.8, 4) is 17.0 Å². The van der Waals surface area contributed by atoms with Gasteiger partial charge in [0.2, 0.25) is 5.88 Å². The lowest BCUT2D eigenvalue weighted by molar-refractivity contribution is 0.327. The van der Waals surface area contributed by atoms with E-state index >= 15 is 0 Å². The van der Waals surface area contributed by atoms with E-state index in [1.54, 1.807) is 6.20 Å². The molecule has 0 spiro atoms. The molecule has 3 nitrogen and oxygen atoms in total. The molecule has 0 bridgehead atoms. The first-order valence-electron chi connectivity index (χ1n) is 5.24. The fraction of sp³-hybridized carbons (Fsp3) is 0.154. The highest BCUT2D eigenvalue weighted by Crippen LogP contribution is 2.21. The smallest absolute Gasteiger partial charge is 0.213 e. The van der Waals surface area contributed by atoms with Crippen LogP contribution in [0.5, 0.6) is 5.88 Å². The third kappa shape index (κ3) is 2.31. The van der Waals surface area contributed by atoms with E-state index in [1.807, 2.05) is 43.3 Å². The Bertz CT molecular complexity index is 448. The molecule has 2 rings (SSSR count). The van der Waals surface area contributed by atoms with Crippen molar-refractivity contribution >= 4 is 5.69 Å². The second kappa shape index (κ2) is 4.66. The Morgan fingerprint density at radius 2 is 1.75 bits per heavy atom. The van der Waals surface area contributed by atoms with Crippen LogP contribution < -0.4 is 10.5 Å². The van der Waals surface area contributed by atoms with E-state index in [4.69, 9.17) is 10.5 Å². The van der Waals surface area contributed by atoms with Crippen molar-refractivity contribution in [3.63, 3.8) is 0 Å². The molecule has 0 aliphatic carbocycles. The first-order valence-corrected chi connectivity index (χ1v) is 5.24. The van der Waals surface area contributed by atoms with E-state index in [9.17, 15) is 0 Å². The van der Waals surface area contributed by atoms with E-state index in [-0.39, 0.29) is 0 Å². The Kier molecular flexibility index (Phi) is 3.05. The first-order chi connectivity index (χ1) is 7.79. The third-order valence-corrected chi connectivity index (χ3v) is 2.27. The SMILES string of the molecule is CCOc1ccc(-c2ccc(N)cc2)cn1. The van der Waals surface area contributed by atoms with Crippen molar-refractivity contribution in [2.45, 2.75) is 6.92 Å². The molecule has 0 saturated heterocycles. The molecule has 0 aliphatic heterocycles. The van der Waals surface area contributed by atoms with E-state index in [0.717, 1.165) is 16.8 Å². The third-order valence-electron chi connectivity index (χ3n) is 2.27. The monoisotopic (exact) mass is 214 g/mol. The molecule has 0 unspecified atom stereocenters. The quantitative estimate of drug-likeness (QED) is 0.799. The molecule has 2 N–H and O–H groups in total. The van der Waals surface area contributed by atoms with Crippen molar-refractivity contribution in [2.24, 2.45) is 0 Å². The van der Waals surface area contributed by atoms with Crippen molar-refractivity contribution in [2.75, 3.05) is 12.3 Å². The molecule has 2 aromatic rings. The van der Waals surface area contributed by atoms with Crippen LogP contribution in [0.2, 0.25) is 0 Å². The number of aromatic nitrogens is 1. The van der Waals surface area contributed by atoms with Gasteiger partial charge in [-0.25, -0.2) is 4.98 Å². The molecule has 0 saturated carbocycles. The van der Waals surface area contributed by atoms with Crippen LogP contribution in [-0.2, 0) is 0 Å². The van der Waals surface area contributed by atoms with Crippen molar-refractivity contribution < 1.29 is 4.74 Å². The highest BCUT2D eigenvalue weighted by atomic mass is 16.5. The summed E-state index contributed by atoms with van der Waals surface area (Å²) in [5.74, 6) is 0.654. The van der Waals surface area contributed by atoms with Crippen LogP contribution in [0.4, 0.5) is 5.69 Å². The van der Waals surface area contributed by atoms with Gasteiger partial charge in [-0.3, -0.25) is 0 Å². The Hall–Kier alpha value is -2.03. The van der Waals surface area contributed by atoms with Crippen LogP contribution >= 0.6 is 0 Å². The largest absolute Gasteiger partial charge is 0.478 e. The summed E-state index contributed by atoms with van der Waals surface area (Å²) in [5.41, 5.74) is 8.56. The van der Waals surface area contributed by atoms with Crippen molar-refractivity contribution in [3.05, 3.63) is 42.6 Å². The van der Waals surface area contributed by atoms with Crippen LogP contribution in [0.1, 0.15) is 6.92 Å². The number of pyridine rings is 1. The molecule has 0 aliphatic rings. The number of nitrogen functional groups attached to an aromatic ring is 1. The summed E-state index contributed by atoms with van der Waals surface area (Å²) in [6.07, 6.45) is 1.80. The van der Waals surface area contributed by atoms with Gasteiger partial charge in [-0.05, 0) is 30.7 Å². The fourth-order valence-electron chi connectivity index (χ4n) is 1.46. The summed E-state index contributed by atoms with van der Waals surface area (Å²) in [6, 6.07) is 11.6. The minimum absolute atomic E-state index is 0.633. The van der Waals surface area contributed by atoms with Crippen molar-refractivity contribution in [1.82, 2.24) is 4.98 Å². The molecule has 3 heteroatoms. The summed E-state index contributed by atoms with van der Waals surface area (Å²) >= 11 is 0. The van der Waals surface area contributed by atoms with Gasteiger partial charge >= 0.3 is 0 Å². The van der Waals surface area contributed by atoms with Crippen LogP contribution in [-0.4, -0.2) is 11.6 Å². The molecular formula is C13H14N2O. The van der Waals surface area contributed by atoms with Crippen LogP contribution in [0.25, 0.3) is 11.1 Å². The Balaban J connectivity index is 2.24. The average molecular weight is 214 g/mol. The Morgan fingerprint density at radius 1 is 1.06 bits per heavy atom. The van der Waals surface area contributed by atoms with E-state index in [0.29, 0.717) is 12.5 Å². The standard InChI is InChI=1S/C13H14N2O/c1-2-16-13-8-5-11(9-15-13)10-3-6-12(14)7-4-10/h3-9H,2,14H2,1H3. The Labute approximate surface area is 94.9 Å². The number of nitrogens with two attached hydrogens (primary N) is 1. The molecule has 0 fully saturated rings. The van der Waals surface area contributed by atoms with Gasteiger partial charge in [0, 0.05) is 23.5 Å². The summed E-state index contributed by atoms with van der Waals surface area (Å²) in [7, 11) is 0. The van der Waals surface area contributed by atoms with Crippen LogP contribution in [0, 0.1) is 0 Å². The van der Waals surface area contributed by atoms with Gasteiger partial charge in [0.05, 0.1) is 6.61 Å². The zero-order valence-corrected chi connectivity index (χ0v) is 9.18. The first kappa shape index (κ1) is 10.5. The molecule has 16 heavy (non-hydrogen) atoms. The maximum atomic E-state index is 5.63. The van der Waals surface area contributed by atoms with Gasteiger partial charge in [0.1, 0.15) is 0 Å². The number of ether oxygens (including phenoxy) is 1. The predicted octanol–water partition coefficient (Wildman–Crippen LogP) is 2.73. The molecule has 0 atom stereocenters. The van der Waals surface area contributed by atoms with Gasteiger partial charge in [-0.1, -0.05) is 12.1 Å². The molecule has 1 heterocycles. The lowest BCUT2D eigenvalue weighted by Gasteiger charge is -2.04. The summed E-state index contributed by atoms with van der Waals surface area (Å²) in [6.45, 7) is 2.57. The minimum Gasteiger partial charge on any atom is -0.478 e. The minimum atomic E-state index is 0.633. The maximum Gasteiger partial charge on any atom is 0.213 e. The topological polar surface area (TPSA) is 48.1 Å². The maximum absolute atomic E-state index is 5.63. The second-order valence-electron chi connectivity index (χ2n) is 3.44. The number of anilines is 1. The number of hydrogen-bond acceptors (Lipinski definition) is 3. The molecular weight excluding hydrogens is 200 g/mol. The zero-order chi connectivity index (χ0) is 11.4. The van der Waals surface area contributed by atoms with Gasteiger partial charge < -0.3 is 10.5 Å². The summed E-state index contributed by atoms with van der Waals surface area (Å²) in [5, 5.41) is 0. The second-order valence-corrected chi connectivity index (χ2v) is 3.44. The fourth-order valence-corrected chi connectivity index (χ4v) is 1.46. The zero-order valence-electron chi connectivity index (χ0n) is 9.18. The van der Waals surface area contributed by atoms with Crippen LogP contribution in [0.15, 0.2) is 42.6 Å². The van der Waals surface area contributed by atoms with E-state index < -0.39 is 0 Å². The number of nitrogens with zero attached hydrogens (tertiary/aromatic N) is 1. The number of rotatable bonds is 3. The molecule has 0 radical (unpaired) electrons. The van der Waals surface area contributed by atoms with Gasteiger partial charge in [0.25, 0.3) is 0 Å². The predicted molar refractivity (Wildman–Crippen MR) is 65.3 cm³/mol. The lowest BCUT2D eigenvalue weighted by atomic mass is 10.1.